The minimum Gasteiger partial charge on any atom is -0.444 e. The monoisotopic (exact) mass is 398 g/mol. The predicted molar refractivity (Wildman–Crippen MR) is 107 cm³/mol. The molecular formula is C21H23FN4O3. The molecule has 152 valence electrons. The topological polar surface area (TPSA) is 104 Å². The number of carbonyl (C=O) groups excluding carboxylic acids is 2. The van der Waals surface area contributed by atoms with E-state index in [0.29, 0.717) is 5.69 Å². The summed E-state index contributed by atoms with van der Waals surface area (Å²) in [6.07, 6.45) is -0.700. The van der Waals surface area contributed by atoms with Crippen LogP contribution in [0.3, 0.4) is 0 Å². The van der Waals surface area contributed by atoms with Crippen LogP contribution < -0.4 is 10.6 Å². The second kappa shape index (κ2) is 8.27. The maximum Gasteiger partial charge on any atom is 0.412 e. The smallest absolute Gasteiger partial charge is 0.412 e. The van der Waals surface area contributed by atoms with Crippen molar-refractivity contribution >= 4 is 23.4 Å². The van der Waals surface area contributed by atoms with Crippen LogP contribution >= 0.6 is 0 Å². The van der Waals surface area contributed by atoms with Crippen molar-refractivity contribution in [3.8, 4) is 6.07 Å². The Bertz CT molecular complexity index is 975. The lowest BCUT2D eigenvalue weighted by atomic mass is 9.91. The number of hydrogen-bond donors (Lipinski definition) is 2. The molecule has 0 fully saturated rings. The number of amides is 2. The standard InChI is InChI=1S/C21H23FN4O3/c1-20(2,3)29-19(28)24-13-9-10-14(22)16(11-13)26-18(27)15-7-6-8-17(25-15)21(4,5)12-23/h6-11H,1-5H3,(H,24,28)(H,26,27). The molecule has 7 nitrogen and oxygen atoms in total. The number of nitriles is 1. The summed E-state index contributed by atoms with van der Waals surface area (Å²) >= 11 is 0. The molecule has 0 unspecified atom stereocenters. The van der Waals surface area contributed by atoms with Gasteiger partial charge < -0.3 is 10.1 Å². The van der Waals surface area contributed by atoms with Gasteiger partial charge in [-0.3, -0.25) is 10.1 Å². The molecule has 0 saturated carbocycles. The molecule has 1 heterocycles. The van der Waals surface area contributed by atoms with E-state index in [-0.39, 0.29) is 17.1 Å². The third-order valence-electron chi connectivity index (χ3n) is 3.76. The lowest BCUT2D eigenvalue weighted by Crippen LogP contribution is -2.27. The fourth-order valence-electron chi connectivity index (χ4n) is 2.27. The van der Waals surface area contributed by atoms with E-state index < -0.39 is 28.8 Å². The molecule has 2 amide bonds. The third-order valence-corrected chi connectivity index (χ3v) is 3.76. The summed E-state index contributed by atoms with van der Waals surface area (Å²) < 4.78 is 19.3. The number of rotatable bonds is 4. The van der Waals surface area contributed by atoms with Crippen molar-refractivity contribution in [3.63, 3.8) is 0 Å². The molecule has 2 N–H and O–H groups in total. The molecule has 0 bridgehead atoms. The number of ether oxygens (including phenoxy) is 1. The van der Waals surface area contributed by atoms with Crippen LogP contribution in [-0.4, -0.2) is 22.6 Å². The predicted octanol–water partition coefficient (Wildman–Crippen LogP) is 4.62. The van der Waals surface area contributed by atoms with E-state index >= 15 is 0 Å². The van der Waals surface area contributed by atoms with Crippen LogP contribution in [0.15, 0.2) is 36.4 Å². The number of halogens is 1. The number of hydrogen-bond acceptors (Lipinski definition) is 5. The molecule has 2 aromatic rings. The van der Waals surface area contributed by atoms with E-state index in [0.717, 1.165) is 6.07 Å². The molecule has 8 heteroatoms. The van der Waals surface area contributed by atoms with Gasteiger partial charge in [-0.2, -0.15) is 5.26 Å². The molecule has 0 spiro atoms. The maximum atomic E-state index is 14.2. The Morgan fingerprint density at radius 1 is 1.10 bits per heavy atom. The number of carbonyl (C=O) groups is 2. The maximum absolute atomic E-state index is 14.2. The van der Waals surface area contributed by atoms with Gasteiger partial charge in [0.05, 0.1) is 22.9 Å². The first kappa shape index (κ1) is 21.8. The second-order valence-corrected chi connectivity index (χ2v) is 7.92. The molecule has 2 rings (SSSR count). The van der Waals surface area contributed by atoms with Crippen LogP contribution in [0.2, 0.25) is 0 Å². The number of nitrogens with zero attached hydrogens (tertiary/aromatic N) is 2. The van der Waals surface area contributed by atoms with Gasteiger partial charge in [0.25, 0.3) is 5.91 Å². The Morgan fingerprint density at radius 3 is 2.41 bits per heavy atom. The average Bonchev–Trinajstić information content (AvgIpc) is 2.63. The number of anilines is 2. The van der Waals surface area contributed by atoms with Crippen molar-refractivity contribution in [3.05, 3.63) is 53.6 Å². The highest BCUT2D eigenvalue weighted by atomic mass is 19.1. The van der Waals surface area contributed by atoms with E-state index in [1.165, 1.54) is 18.2 Å². The Morgan fingerprint density at radius 2 is 1.79 bits per heavy atom. The third kappa shape index (κ3) is 6.01. The second-order valence-electron chi connectivity index (χ2n) is 7.92. The van der Waals surface area contributed by atoms with Crippen LogP contribution in [0, 0.1) is 17.1 Å². The zero-order valence-electron chi connectivity index (χ0n) is 17.0. The lowest BCUT2D eigenvalue weighted by molar-refractivity contribution is 0.0635. The largest absolute Gasteiger partial charge is 0.444 e. The van der Waals surface area contributed by atoms with E-state index in [1.807, 2.05) is 0 Å². The average molecular weight is 398 g/mol. The van der Waals surface area contributed by atoms with E-state index in [4.69, 9.17) is 4.74 Å². The Balaban J connectivity index is 2.20. The van der Waals surface area contributed by atoms with Gasteiger partial charge >= 0.3 is 6.09 Å². The molecule has 0 atom stereocenters. The van der Waals surface area contributed by atoms with Crippen molar-refractivity contribution in [1.29, 1.82) is 5.26 Å². The highest BCUT2D eigenvalue weighted by Crippen LogP contribution is 2.23. The van der Waals surface area contributed by atoms with Crippen LogP contribution in [0.1, 0.15) is 50.8 Å². The van der Waals surface area contributed by atoms with E-state index in [9.17, 15) is 19.2 Å². The molecule has 0 aliphatic carbocycles. The van der Waals surface area contributed by atoms with Gasteiger partial charge in [0.1, 0.15) is 17.1 Å². The summed E-state index contributed by atoms with van der Waals surface area (Å²) in [5.41, 5.74) is -0.976. The summed E-state index contributed by atoms with van der Waals surface area (Å²) in [6.45, 7) is 8.53. The van der Waals surface area contributed by atoms with Crippen molar-refractivity contribution < 1.29 is 18.7 Å². The summed E-state index contributed by atoms with van der Waals surface area (Å²) in [5, 5.41) is 14.2. The normalized spacial score (nSPS) is 11.3. The molecule has 29 heavy (non-hydrogen) atoms. The van der Waals surface area contributed by atoms with E-state index in [1.54, 1.807) is 46.8 Å². The minimum absolute atomic E-state index is 0.0377. The van der Waals surface area contributed by atoms with Crippen LogP contribution in [0.4, 0.5) is 20.6 Å². The van der Waals surface area contributed by atoms with Crippen LogP contribution in [0.25, 0.3) is 0 Å². The Kier molecular flexibility index (Phi) is 6.22. The summed E-state index contributed by atoms with van der Waals surface area (Å²) in [4.78, 5) is 28.6. The molecule has 0 radical (unpaired) electrons. The highest BCUT2D eigenvalue weighted by Gasteiger charge is 2.23. The van der Waals surface area contributed by atoms with Crippen LogP contribution in [0.5, 0.6) is 0 Å². The van der Waals surface area contributed by atoms with Gasteiger partial charge in [-0.1, -0.05) is 6.07 Å². The van der Waals surface area contributed by atoms with Gasteiger partial charge in [-0.05, 0) is 65.0 Å². The zero-order valence-corrected chi connectivity index (χ0v) is 17.0. The van der Waals surface area contributed by atoms with Crippen molar-refractivity contribution in [2.75, 3.05) is 10.6 Å². The van der Waals surface area contributed by atoms with Gasteiger partial charge in [-0.25, -0.2) is 14.2 Å². The lowest BCUT2D eigenvalue weighted by Gasteiger charge is -2.20. The van der Waals surface area contributed by atoms with E-state index in [2.05, 4.69) is 21.7 Å². The SMILES string of the molecule is CC(C)(C)OC(=O)Nc1ccc(F)c(NC(=O)c2cccc(C(C)(C)C#N)n2)c1. The fourth-order valence-corrected chi connectivity index (χ4v) is 2.27. The number of nitrogens with one attached hydrogen (secondary N) is 2. The molecule has 1 aromatic carbocycles. The molecular weight excluding hydrogens is 375 g/mol. The molecule has 1 aromatic heterocycles. The van der Waals surface area contributed by atoms with Crippen LogP contribution in [-0.2, 0) is 10.2 Å². The quantitative estimate of drug-likeness (QED) is 0.782. The summed E-state index contributed by atoms with van der Waals surface area (Å²) in [6, 6.07) is 10.6. The Hall–Kier alpha value is -3.47. The number of aromatic nitrogens is 1. The van der Waals surface area contributed by atoms with Gasteiger partial charge in [0.2, 0.25) is 0 Å². The van der Waals surface area contributed by atoms with Crippen molar-refractivity contribution in [1.82, 2.24) is 4.98 Å². The van der Waals surface area contributed by atoms with Gasteiger partial charge in [-0.15, -0.1) is 0 Å². The zero-order chi connectivity index (χ0) is 21.8. The number of benzene rings is 1. The molecule has 0 aliphatic heterocycles. The van der Waals surface area contributed by atoms with Crippen molar-refractivity contribution in [2.24, 2.45) is 0 Å². The first-order valence-electron chi connectivity index (χ1n) is 8.91. The van der Waals surface area contributed by atoms with Gasteiger partial charge in [0, 0.05) is 5.69 Å². The number of pyridine rings is 1. The van der Waals surface area contributed by atoms with Gasteiger partial charge in [0.15, 0.2) is 0 Å². The first-order chi connectivity index (χ1) is 13.4. The molecule has 0 aliphatic rings. The minimum atomic E-state index is -0.876. The summed E-state index contributed by atoms with van der Waals surface area (Å²) in [7, 11) is 0. The molecule has 0 saturated heterocycles. The fraction of sp³-hybridized carbons (Fsp3) is 0.333. The summed E-state index contributed by atoms with van der Waals surface area (Å²) in [5.74, 6) is -1.32. The highest BCUT2D eigenvalue weighted by molar-refractivity contribution is 6.03. The Labute approximate surface area is 168 Å². The van der Waals surface area contributed by atoms with Crippen molar-refractivity contribution in [2.45, 2.75) is 45.6 Å². The first-order valence-corrected chi connectivity index (χ1v) is 8.91.